The van der Waals surface area contributed by atoms with Gasteiger partial charge in [0.2, 0.25) is 0 Å². The van der Waals surface area contributed by atoms with Crippen LogP contribution in [0.1, 0.15) is 24.1 Å². The summed E-state index contributed by atoms with van der Waals surface area (Å²) in [4.78, 5) is 26.3. The molecule has 2 N–H and O–H groups in total. The van der Waals surface area contributed by atoms with E-state index in [1.54, 1.807) is 16.2 Å². The Morgan fingerprint density at radius 2 is 2.30 bits per heavy atom. The quantitative estimate of drug-likeness (QED) is 0.872. The van der Waals surface area contributed by atoms with E-state index < -0.39 is 11.9 Å². The molecule has 20 heavy (non-hydrogen) atoms. The summed E-state index contributed by atoms with van der Waals surface area (Å²) in [5.74, 6) is -1.18. The van der Waals surface area contributed by atoms with E-state index in [-0.39, 0.29) is 18.1 Å². The predicted octanol–water partition coefficient (Wildman–Crippen LogP) is 2.66. The van der Waals surface area contributed by atoms with Crippen LogP contribution >= 0.6 is 27.3 Å². The number of carboxylic acid groups (broad SMARTS) is 1. The Morgan fingerprint density at radius 3 is 2.90 bits per heavy atom. The number of carboxylic acids is 1. The Kier molecular flexibility index (Phi) is 3.72. The zero-order valence-electron chi connectivity index (χ0n) is 10.7. The number of fused-ring (bicyclic) bond motifs is 2. The highest BCUT2D eigenvalue weighted by atomic mass is 79.9. The van der Waals surface area contributed by atoms with Gasteiger partial charge in [0.25, 0.3) is 0 Å². The van der Waals surface area contributed by atoms with Gasteiger partial charge < -0.3 is 15.3 Å². The van der Waals surface area contributed by atoms with Crippen LogP contribution in [0.2, 0.25) is 0 Å². The van der Waals surface area contributed by atoms with Crippen molar-refractivity contribution in [3.05, 3.63) is 20.8 Å². The lowest BCUT2D eigenvalue weighted by Gasteiger charge is -2.23. The third-order valence-corrected chi connectivity index (χ3v) is 6.11. The summed E-state index contributed by atoms with van der Waals surface area (Å²) in [5.41, 5.74) is 0. The van der Waals surface area contributed by atoms with Gasteiger partial charge >= 0.3 is 12.0 Å². The summed E-state index contributed by atoms with van der Waals surface area (Å²) in [6.45, 7) is 0.477. The van der Waals surface area contributed by atoms with Crippen LogP contribution in [0.25, 0.3) is 0 Å². The number of nitrogens with zero attached hydrogens (tertiary/aromatic N) is 1. The summed E-state index contributed by atoms with van der Waals surface area (Å²) in [6, 6.07) is 1.77. The number of rotatable bonds is 3. The largest absolute Gasteiger partial charge is 0.481 e. The summed E-state index contributed by atoms with van der Waals surface area (Å²) in [7, 11) is 0. The number of amides is 2. The zero-order valence-corrected chi connectivity index (χ0v) is 13.1. The van der Waals surface area contributed by atoms with Crippen LogP contribution in [0.5, 0.6) is 0 Å². The third kappa shape index (κ3) is 2.33. The van der Waals surface area contributed by atoms with Crippen molar-refractivity contribution >= 4 is 39.3 Å². The molecule has 1 aromatic heterocycles. The van der Waals surface area contributed by atoms with Crippen molar-refractivity contribution in [1.29, 1.82) is 0 Å². The Morgan fingerprint density at radius 1 is 1.50 bits per heavy atom. The van der Waals surface area contributed by atoms with E-state index >= 15 is 0 Å². The van der Waals surface area contributed by atoms with Gasteiger partial charge in [-0.1, -0.05) is 0 Å². The highest BCUT2D eigenvalue weighted by Crippen LogP contribution is 2.41. The number of aliphatic carboxylic acids is 1. The first kappa shape index (κ1) is 13.9. The minimum absolute atomic E-state index is 0.0906. The topological polar surface area (TPSA) is 69.6 Å². The number of thiophene rings is 1. The number of halogens is 1. The van der Waals surface area contributed by atoms with Crippen molar-refractivity contribution in [3.63, 3.8) is 0 Å². The molecule has 2 fully saturated rings. The maximum absolute atomic E-state index is 12.3. The molecule has 0 radical (unpaired) electrons. The molecule has 2 saturated heterocycles. The lowest BCUT2D eigenvalue weighted by Crippen LogP contribution is -2.43. The fourth-order valence-corrected chi connectivity index (χ4v) is 4.70. The van der Waals surface area contributed by atoms with Crippen molar-refractivity contribution < 1.29 is 14.7 Å². The van der Waals surface area contributed by atoms with Gasteiger partial charge in [0.05, 0.1) is 12.5 Å². The Hall–Kier alpha value is -1.08. The van der Waals surface area contributed by atoms with Crippen molar-refractivity contribution in [3.8, 4) is 0 Å². The van der Waals surface area contributed by atoms with E-state index in [1.807, 2.05) is 11.4 Å². The average Bonchev–Trinajstić information content (AvgIpc) is 3.09. The fourth-order valence-electron chi connectivity index (χ4n) is 3.27. The molecule has 3 unspecified atom stereocenters. The molecule has 108 valence electrons. The molecule has 2 aliphatic rings. The van der Waals surface area contributed by atoms with Crippen LogP contribution in [0.15, 0.2) is 15.9 Å². The highest BCUT2D eigenvalue weighted by Gasteiger charge is 2.51. The molecule has 2 bridgehead atoms. The summed E-state index contributed by atoms with van der Waals surface area (Å²) in [5, 5.41) is 14.1. The second-order valence-electron chi connectivity index (χ2n) is 5.24. The minimum atomic E-state index is -0.781. The molecule has 5 nitrogen and oxygen atoms in total. The maximum Gasteiger partial charge on any atom is 0.318 e. The normalized spacial score (nSPS) is 27.9. The second kappa shape index (κ2) is 5.37. The first-order chi connectivity index (χ1) is 9.58. The molecular weight excluding hydrogens is 344 g/mol. The number of carbonyl (C=O) groups excluding carboxylic acids is 1. The van der Waals surface area contributed by atoms with E-state index in [1.165, 1.54) is 0 Å². The monoisotopic (exact) mass is 358 g/mol. The van der Waals surface area contributed by atoms with Crippen LogP contribution < -0.4 is 5.32 Å². The highest BCUT2D eigenvalue weighted by molar-refractivity contribution is 9.10. The van der Waals surface area contributed by atoms with Crippen molar-refractivity contribution in [2.45, 2.75) is 37.9 Å². The molecule has 7 heteroatoms. The van der Waals surface area contributed by atoms with Gasteiger partial charge in [0.15, 0.2) is 0 Å². The molecule has 2 aliphatic heterocycles. The smallest absolute Gasteiger partial charge is 0.318 e. The molecule has 3 heterocycles. The maximum atomic E-state index is 12.3. The van der Waals surface area contributed by atoms with E-state index in [4.69, 9.17) is 0 Å². The van der Waals surface area contributed by atoms with E-state index in [2.05, 4.69) is 21.2 Å². The van der Waals surface area contributed by atoms with Gasteiger partial charge in [0, 0.05) is 21.4 Å². The second-order valence-corrected chi connectivity index (χ2v) is 7.09. The summed E-state index contributed by atoms with van der Waals surface area (Å²) >= 11 is 5.01. The van der Waals surface area contributed by atoms with Crippen molar-refractivity contribution in [1.82, 2.24) is 10.2 Å². The van der Waals surface area contributed by atoms with Gasteiger partial charge in [-0.25, -0.2) is 4.79 Å². The summed E-state index contributed by atoms with van der Waals surface area (Å²) < 4.78 is 0.996. The Balaban J connectivity index is 1.64. The van der Waals surface area contributed by atoms with Crippen LogP contribution in [0.3, 0.4) is 0 Å². The number of hydrogen-bond donors (Lipinski definition) is 2. The number of carbonyl (C=O) groups is 2. The Bertz CT molecular complexity index is 547. The fraction of sp³-hybridized carbons (Fsp3) is 0.538. The molecular formula is C13H15BrN2O3S. The lowest BCUT2D eigenvalue weighted by molar-refractivity contribution is -0.142. The predicted molar refractivity (Wildman–Crippen MR) is 78.6 cm³/mol. The molecule has 3 atom stereocenters. The molecule has 3 rings (SSSR count). The standard InChI is InChI=1S/C13H15BrN2O3S/c14-9-3-4-20-11(9)6-15-13(19)16-7-1-2-10(16)8(5-7)12(17)18/h3-4,7-8,10H,1-2,5-6H2,(H,15,19)(H,17,18). The number of nitrogens with one attached hydrogen (secondary N) is 1. The average molecular weight is 359 g/mol. The molecule has 0 saturated carbocycles. The SMILES string of the molecule is O=C(O)C1CC2CCC1N2C(=O)NCc1sccc1Br. The van der Waals surface area contributed by atoms with Crippen LogP contribution in [0, 0.1) is 5.92 Å². The zero-order chi connectivity index (χ0) is 14.3. The minimum Gasteiger partial charge on any atom is -0.481 e. The molecule has 0 spiro atoms. The lowest BCUT2D eigenvalue weighted by atomic mass is 9.89. The molecule has 1 aromatic rings. The first-order valence-electron chi connectivity index (χ1n) is 6.58. The van der Waals surface area contributed by atoms with E-state index in [0.717, 1.165) is 22.2 Å². The Labute approximate surface area is 129 Å². The van der Waals surface area contributed by atoms with E-state index in [9.17, 15) is 14.7 Å². The van der Waals surface area contributed by atoms with Gasteiger partial charge in [-0.15, -0.1) is 11.3 Å². The van der Waals surface area contributed by atoms with Crippen LogP contribution in [0.4, 0.5) is 4.79 Å². The van der Waals surface area contributed by atoms with Gasteiger partial charge in [0.1, 0.15) is 0 Å². The van der Waals surface area contributed by atoms with Crippen molar-refractivity contribution in [2.24, 2.45) is 5.92 Å². The van der Waals surface area contributed by atoms with Gasteiger partial charge in [-0.05, 0) is 46.6 Å². The summed E-state index contributed by atoms with van der Waals surface area (Å²) in [6.07, 6.45) is 2.32. The molecule has 2 amide bonds. The van der Waals surface area contributed by atoms with Gasteiger partial charge in [-0.2, -0.15) is 0 Å². The molecule has 0 aliphatic carbocycles. The van der Waals surface area contributed by atoms with Gasteiger partial charge in [-0.3, -0.25) is 4.79 Å². The van der Waals surface area contributed by atoms with Crippen LogP contribution in [-0.2, 0) is 11.3 Å². The number of urea groups is 1. The van der Waals surface area contributed by atoms with E-state index in [0.29, 0.717) is 13.0 Å². The molecule has 0 aromatic carbocycles. The number of hydrogen-bond acceptors (Lipinski definition) is 3. The first-order valence-corrected chi connectivity index (χ1v) is 8.26. The third-order valence-electron chi connectivity index (χ3n) is 4.18. The van der Waals surface area contributed by atoms with Crippen LogP contribution in [-0.4, -0.2) is 34.1 Å². The van der Waals surface area contributed by atoms with Crippen molar-refractivity contribution in [2.75, 3.05) is 0 Å².